The number of sulfonamides is 1. The van der Waals surface area contributed by atoms with E-state index in [-0.39, 0.29) is 0 Å². The maximum Gasteiger partial charge on any atom is 0.229 e. The van der Waals surface area contributed by atoms with Crippen LogP contribution >= 0.6 is 15.9 Å². The Bertz CT molecular complexity index is 1370. The van der Waals surface area contributed by atoms with Gasteiger partial charge >= 0.3 is 0 Å². The molecule has 180 valence electrons. The third kappa shape index (κ3) is 7.10. The zero-order valence-electron chi connectivity index (χ0n) is 19.6. The molecule has 1 N–H and O–H groups in total. The first-order valence-electron chi connectivity index (χ1n) is 11.2. The predicted octanol–water partition coefficient (Wildman–Crippen LogP) is 7.13. The standard InChI is InChI=1S/C28H27BrN2O3S/c1-21-27(30-35(2,32)33)9-6-10-28(21)31(19-22-11-15-24(29)16-12-22)20-23-13-17-26(18-14-23)34-25-7-4-3-5-8-25/h3-18,30H,19-20H2,1-2H3. The average Bonchev–Trinajstić information content (AvgIpc) is 2.82. The molecule has 0 atom stereocenters. The lowest BCUT2D eigenvalue weighted by molar-refractivity contribution is 0.482. The second-order valence-electron chi connectivity index (χ2n) is 8.37. The molecule has 5 nitrogen and oxygen atoms in total. The van der Waals surface area contributed by atoms with Crippen LogP contribution in [0.4, 0.5) is 11.4 Å². The predicted molar refractivity (Wildman–Crippen MR) is 147 cm³/mol. The lowest BCUT2D eigenvalue weighted by atomic mass is 10.1. The van der Waals surface area contributed by atoms with Gasteiger partial charge in [0, 0.05) is 23.2 Å². The van der Waals surface area contributed by atoms with Crippen LogP contribution in [0.2, 0.25) is 0 Å². The van der Waals surface area contributed by atoms with Crippen LogP contribution in [0.15, 0.2) is 102 Å². The van der Waals surface area contributed by atoms with E-state index in [0.717, 1.165) is 44.6 Å². The van der Waals surface area contributed by atoms with Gasteiger partial charge in [-0.25, -0.2) is 8.42 Å². The summed E-state index contributed by atoms with van der Waals surface area (Å²) in [5.74, 6) is 1.57. The van der Waals surface area contributed by atoms with Crippen LogP contribution < -0.4 is 14.4 Å². The number of nitrogens with one attached hydrogen (secondary N) is 1. The Hall–Kier alpha value is -3.29. The first-order chi connectivity index (χ1) is 16.8. The number of halogens is 1. The summed E-state index contributed by atoms with van der Waals surface area (Å²) < 4.78 is 33.3. The highest BCUT2D eigenvalue weighted by molar-refractivity contribution is 9.10. The van der Waals surface area contributed by atoms with E-state index in [0.29, 0.717) is 18.8 Å². The van der Waals surface area contributed by atoms with E-state index in [4.69, 9.17) is 4.74 Å². The van der Waals surface area contributed by atoms with Crippen molar-refractivity contribution in [2.45, 2.75) is 20.0 Å². The van der Waals surface area contributed by atoms with Gasteiger partial charge in [0.1, 0.15) is 11.5 Å². The molecule has 0 heterocycles. The normalized spacial score (nSPS) is 11.2. The lowest BCUT2D eigenvalue weighted by Gasteiger charge is -2.28. The Kier molecular flexibility index (Phi) is 7.78. The lowest BCUT2D eigenvalue weighted by Crippen LogP contribution is -2.23. The smallest absolute Gasteiger partial charge is 0.229 e. The van der Waals surface area contributed by atoms with Crippen molar-refractivity contribution in [1.29, 1.82) is 0 Å². The fraction of sp³-hybridized carbons (Fsp3) is 0.143. The van der Waals surface area contributed by atoms with E-state index < -0.39 is 10.0 Å². The second-order valence-corrected chi connectivity index (χ2v) is 11.0. The van der Waals surface area contributed by atoms with Gasteiger partial charge in [0.15, 0.2) is 0 Å². The Morgan fingerprint density at radius 2 is 1.34 bits per heavy atom. The highest BCUT2D eigenvalue weighted by atomic mass is 79.9. The van der Waals surface area contributed by atoms with Crippen LogP contribution in [0.1, 0.15) is 16.7 Å². The minimum absolute atomic E-state index is 0.581. The van der Waals surface area contributed by atoms with Crippen molar-refractivity contribution in [3.05, 3.63) is 118 Å². The molecule has 0 aliphatic rings. The number of ether oxygens (including phenoxy) is 1. The number of hydrogen-bond donors (Lipinski definition) is 1. The van der Waals surface area contributed by atoms with Crippen LogP contribution in [0, 0.1) is 6.92 Å². The van der Waals surface area contributed by atoms with E-state index in [9.17, 15) is 8.42 Å². The molecule has 0 aliphatic carbocycles. The number of anilines is 2. The van der Waals surface area contributed by atoms with Gasteiger partial charge in [-0.3, -0.25) is 4.72 Å². The Labute approximate surface area is 215 Å². The van der Waals surface area contributed by atoms with E-state index >= 15 is 0 Å². The molecule has 7 heteroatoms. The van der Waals surface area contributed by atoms with Gasteiger partial charge in [-0.1, -0.05) is 64.5 Å². The quantitative estimate of drug-likeness (QED) is 0.241. The van der Waals surface area contributed by atoms with E-state index in [1.807, 2.05) is 73.7 Å². The second kappa shape index (κ2) is 11.0. The molecule has 4 aromatic rings. The molecule has 4 aromatic carbocycles. The van der Waals surface area contributed by atoms with Crippen LogP contribution in [0.5, 0.6) is 11.5 Å². The largest absolute Gasteiger partial charge is 0.457 e. The summed E-state index contributed by atoms with van der Waals surface area (Å²) >= 11 is 3.50. The fourth-order valence-electron chi connectivity index (χ4n) is 3.82. The third-order valence-corrected chi connectivity index (χ3v) is 6.62. The summed E-state index contributed by atoms with van der Waals surface area (Å²) in [4.78, 5) is 2.25. The summed E-state index contributed by atoms with van der Waals surface area (Å²) in [6.45, 7) is 3.25. The van der Waals surface area contributed by atoms with Crippen LogP contribution in [0.25, 0.3) is 0 Å². The van der Waals surface area contributed by atoms with Gasteiger partial charge in [0.25, 0.3) is 0 Å². The molecule has 0 amide bonds. The summed E-state index contributed by atoms with van der Waals surface area (Å²) in [5, 5.41) is 0. The highest BCUT2D eigenvalue weighted by Crippen LogP contribution is 2.31. The van der Waals surface area contributed by atoms with Crippen LogP contribution in [0.3, 0.4) is 0 Å². The molecule has 35 heavy (non-hydrogen) atoms. The number of hydrogen-bond acceptors (Lipinski definition) is 4. The molecule has 0 fully saturated rings. The summed E-state index contributed by atoms with van der Waals surface area (Å²) in [6, 6.07) is 31.6. The van der Waals surface area contributed by atoms with Gasteiger partial charge in [-0.15, -0.1) is 0 Å². The minimum Gasteiger partial charge on any atom is -0.457 e. The maximum atomic E-state index is 11.9. The zero-order valence-corrected chi connectivity index (χ0v) is 22.0. The summed E-state index contributed by atoms with van der Waals surface area (Å²) in [5.41, 5.74) is 4.68. The number of para-hydroxylation sites is 1. The van der Waals surface area contributed by atoms with Crippen molar-refractivity contribution in [1.82, 2.24) is 0 Å². The minimum atomic E-state index is -3.38. The Morgan fingerprint density at radius 3 is 1.94 bits per heavy atom. The molecular weight excluding hydrogens is 524 g/mol. The van der Waals surface area contributed by atoms with Gasteiger partial charge in [0.05, 0.1) is 11.9 Å². The van der Waals surface area contributed by atoms with Crippen molar-refractivity contribution in [2.24, 2.45) is 0 Å². The number of nitrogens with zero attached hydrogens (tertiary/aromatic N) is 1. The molecule has 0 saturated carbocycles. The van der Waals surface area contributed by atoms with E-state index in [2.05, 4.69) is 49.8 Å². The molecule has 0 aliphatic heterocycles. The molecule has 0 bridgehead atoms. The Morgan fingerprint density at radius 1 is 0.771 bits per heavy atom. The van der Waals surface area contributed by atoms with Gasteiger partial charge < -0.3 is 9.64 Å². The van der Waals surface area contributed by atoms with Crippen LogP contribution in [-0.4, -0.2) is 14.7 Å². The van der Waals surface area contributed by atoms with Crippen molar-refractivity contribution in [3.8, 4) is 11.5 Å². The molecule has 0 spiro atoms. The average molecular weight is 552 g/mol. The first kappa shape index (κ1) is 24.8. The maximum absolute atomic E-state index is 11.9. The molecule has 0 radical (unpaired) electrons. The van der Waals surface area contributed by atoms with Gasteiger partial charge in [0.2, 0.25) is 10.0 Å². The van der Waals surface area contributed by atoms with Crippen molar-refractivity contribution in [3.63, 3.8) is 0 Å². The molecule has 0 saturated heterocycles. The van der Waals surface area contributed by atoms with Crippen molar-refractivity contribution in [2.75, 3.05) is 15.9 Å². The van der Waals surface area contributed by atoms with E-state index in [1.165, 1.54) is 0 Å². The van der Waals surface area contributed by atoms with E-state index in [1.54, 1.807) is 6.07 Å². The molecule has 0 aromatic heterocycles. The SMILES string of the molecule is Cc1c(NS(C)(=O)=O)cccc1N(Cc1ccc(Br)cc1)Cc1ccc(Oc2ccccc2)cc1. The van der Waals surface area contributed by atoms with Crippen LogP contribution in [-0.2, 0) is 23.1 Å². The fourth-order valence-corrected chi connectivity index (χ4v) is 4.71. The summed E-state index contributed by atoms with van der Waals surface area (Å²) in [6.07, 6.45) is 1.16. The van der Waals surface area contributed by atoms with Crippen molar-refractivity contribution < 1.29 is 13.2 Å². The molecule has 0 unspecified atom stereocenters. The summed E-state index contributed by atoms with van der Waals surface area (Å²) in [7, 11) is -3.38. The molecular formula is C28H27BrN2O3S. The highest BCUT2D eigenvalue weighted by Gasteiger charge is 2.15. The van der Waals surface area contributed by atoms with Gasteiger partial charge in [-0.05, 0) is 72.1 Å². The topological polar surface area (TPSA) is 58.6 Å². The monoisotopic (exact) mass is 550 g/mol. The first-order valence-corrected chi connectivity index (χ1v) is 13.8. The number of rotatable bonds is 9. The third-order valence-electron chi connectivity index (χ3n) is 5.50. The molecule has 4 rings (SSSR count). The Balaban J connectivity index is 1.61. The number of benzene rings is 4. The van der Waals surface area contributed by atoms with Gasteiger partial charge in [-0.2, -0.15) is 0 Å². The van der Waals surface area contributed by atoms with Crippen molar-refractivity contribution >= 4 is 37.3 Å². The zero-order chi connectivity index (χ0) is 24.8.